The van der Waals surface area contributed by atoms with E-state index in [1.54, 1.807) is 12.1 Å². The van der Waals surface area contributed by atoms with Crippen LogP contribution < -0.4 is 4.90 Å². The highest BCUT2D eigenvalue weighted by Gasteiger charge is 2.32. The van der Waals surface area contributed by atoms with Crippen LogP contribution in [0.25, 0.3) is 0 Å². The Labute approximate surface area is 125 Å². The van der Waals surface area contributed by atoms with Crippen LogP contribution in [0, 0.1) is 6.92 Å². The van der Waals surface area contributed by atoms with Crippen molar-refractivity contribution in [3.05, 3.63) is 63.6 Å². The van der Waals surface area contributed by atoms with Gasteiger partial charge >= 0.3 is 0 Å². The summed E-state index contributed by atoms with van der Waals surface area (Å²) in [6, 6.07) is 12.8. The fourth-order valence-corrected chi connectivity index (χ4v) is 3.07. The molecule has 1 aliphatic rings. The lowest BCUT2D eigenvalue weighted by Crippen LogP contribution is -2.42. The summed E-state index contributed by atoms with van der Waals surface area (Å²) in [7, 11) is 0. The summed E-state index contributed by atoms with van der Waals surface area (Å²) < 4.78 is 0.749. The molecule has 0 saturated heterocycles. The first-order valence-electron chi connectivity index (χ1n) is 6.29. The SMILES string of the molecule is Cc1ccc(N2C(=O)Cc3ccccc3C2=O)c(Br)c1. The van der Waals surface area contributed by atoms with E-state index in [-0.39, 0.29) is 18.2 Å². The van der Waals surface area contributed by atoms with Gasteiger partial charge in [-0.05, 0) is 52.2 Å². The van der Waals surface area contributed by atoms with Crippen molar-refractivity contribution in [1.29, 1.82) is 0 Å². The van der Waals surface area contributed by atoms with Gasteiger partial charge in [0.15, 0.2) is 0 Å². The Bertz CT molecular complexity index is 724. The van der Waals surface area contributed by atoms with E-state index in [0.29, 0.717) is 11.3 Å². The van der Waals surface area contributed by atoms with Crippen LogP contribution in [0.1, 0.15) is 21.5 Å². The lowest BCUT2D eigenvalue weighted by atomic mass is 9.98. The minimum absolute atomic E-state index is 0.196. The molecule has 20 heavy (non-hydrogen) atoms. The number of hydrogen-bond donors (Lipinski definition) is 0. The lowest BCUT2D eigenvalue weighted by molar-refractivity contribution is -0.117. The second-order valence-corrected chi connectivity index (χ2v) is 5.68. The summed E-state index contributed by atoms with van der Waals surface area (Å²) in [5, 5.41) is 0. The molecular formula is C16H12BrNO2. The van der Waals surface area contributed by atoms with Crippen LogP contribution in [0.5, 0.6) is 0 Å². The molecule has 1 heterocycles. The summed E-state index contributed by atoms with van der Waals surface area (Å²) in [4.78, 5) is 26.1. The van der Waals surface area contributed by atoms with E-state index < -0.39 is 0 Å². The van der Waals surface area contributed by atoms with Gasteiger partial charge in [0.1, 0.15) is 0 Å². The number of hydrogen-bond acceptors (Lipinski definition) is 2. The largest absolute Gasteiger partial charge is 0.274 e. The van der Waals surface area contributed by atoms with Crippen LogP contribution in [0.15, 0.2) is 46.9 Å². The number of anilines is 1. The van der Waals surface area contributed by atoms with Gasteiger partial charge in [-0.3, -0.25) is 9.59 Å². The minimum Gasteiger partial charge on any atom is -0.274 e. The predicted molar refractivity (Wildman–Crippen MR) is 80.8 cm³/mol. The molecule has 100 valence electrons. The Morgan fingerprint density at radius 3 is 2.60 bits per heavy atom. The summed E-state index contributed by atoms with van der Waals surface area (Å²) >= 11 is 3.43. The maximum absolute atomic E-state index is 12.5. The van der Waals surface area contributed by atoms with Gasteiger partial charge in [0.05, 0.1) is 12.1 Å². The van der Waals surface area contributed by atoms with Crippen LogP contribution in [-0.4, -0.2) is 11.8 Å². The first-order chi connectivity index (χ1) is 9.58. The second kappa shape index (κ2) is 4.87. The Balaban J connectivity index is 2.11. The molecule has 0 bridgehead atoms. The van der Waals surface area contributed by atoms with E-state index in [9.17, 15) is 9.59 Å². The van der Waals surface area contributed by atoms with Crippen LogP contribution in [-0.2, 0) is 11.2 Å². The Morgan fingerprint density at radius 2 is 1.85 bits per heavy atom. The molecular weight excluding hydrogens is 318 g/mol. The highest BCUT2D eigenvalue weighted by molar-refractivity contribution is 9.10. The molecule has 1 aliphatic heterocycles. The molecule has 0 saturated carbocycles. The molecule has 0 fully saturated rings. The average molecular weight is 330 g/mol. The number of halogens is 1. The second-order valence-electron chi connectivity index (χ2n) is 4.82. The van der Waals surface area contributed by atoms with Gasteiger partial charge in [-0.25, -0.2) is 4.90 Å². The maximum atomic E-state index is 12.5. The predicted octanol–water partition coefficient (Wildman–Crippen LogP) is 3.49. The summed E-state index contributed by atoms with van der Waals surface area (Å²) in [6.07, 6.45) is 0.252. The van der Waals surface area contributed by atoms with Crippen LogP contribution in [0.4, 0.5) is 5.69 Å². The summed E-state index contributed by atoms with van der Waals surface area (Å²) in [5.74, 6) is -0.459. The average Bonchev–Trinajstić information content (AvgIpc) is 2.41. The number of aryl methyl sites for hydroxylation is 1. The van der Waals surface area contributed by atoms with Gasteiger partial charge in [-0.1, -0.05) is 24.3 Å². The van der Waals surface area contributed by atoms with Gasteiger partial charge < -0.3 is 0 Å². The topological polar surface area (TPSA) is 37.4 Å². The highest BCUT2D eigenvalue weighted by Crippen LogP contribution is 2.31. The van der Waals surface area contributed by atoms with Gasteiger partial charge in [-0.2, -0.15) is 0 Å². The summed E-state index contributed by atoms with van der Waals surface area (Å²) in [6.45, 7) is 1.96. The fourth-order valence-electron chi connectivity index (χ4n) is 2.40. The standard InChI is InChI=1S/C16H12BrNO2/c1-10-6-7-14(13(17)8-10)18-15(19)9-11-4-2-3-5-12(11)16(18)20/h2-8H,9H2,1H3. The number of imide groups is 1. The van der Waals surface area contributed by atoms with Crippen molar-refractivity contribution < 1.29 is 9.59 Å². The first-order valence-corrected chi connectivity index (χ1v) is 7.08. The number of amides is 2. The maximum Gasteiger partial charge on any atom is 0.265 e. The third kappa shape index (κ3) is 2.06. The molecule has 0 aliphatic carbocycles. The number of rotatable bonds is 1. The van der Waals surface area contributed by atoms with Crippen molar-refractivity contribution in [1.82, 2.24) is 0 Å². The molecule has 4 heteroatoms. The van der Waals surface area contributed by atoms with Gasteiger partial charge in [-0.15, -0.1) is 0 Å². The first kappa shape index (κ1) is 13.1. The molecule has 0 unspecified atom stereocenters. The third-order valence-electron chi connectivity index (χ3n) is 3.39. The molecule has 3 rings (SSSR count). The normalized spacial score (nSPS) is 14.4. The molecule has 0 atom stereocenters. The highest BCUT2D eigenvalue weighted by atomic mass is 79.9. The number of carbonyl (C=O) groups excluding carboxylic acids is 2. The summed E-state index contributed by atoms with van der Waals surface area (Å²) in [5.41, 5.74) is 3.06. The van der Waals surface area contributed by atoms with E-state index in [2.05, 4.69) is 15.9 Å². The van der Waals surface area contributed by atoms with Gasteiger partial charge in [0.25, 0.3) is 5.91 Å². The Hall–Kier alpha value is -1.94. The molecule has 2 amide bonds. The third-order valence-corrected chi connectivity index (χ3v) is 4.02. The van der Waals surface area contributed by atoms with E-state index in [4.69, 9.17) is 0 Å². The van der Waals surface area contributed by atoms with Gasteiger partial charge in [0.2, 0.25) is 5.91 Å². The van der Waals surface area contributed by atoms with Crippen molar-refractivity contribution in [3.8, 4) is 0 Å². The van der Waals surface area contributed by atoms with Crippen LogP contribution in [0.3, 0.4) is 0 Å². The zero-order chi connectivity index (χ0) is 14.3. The van der Waals surface area contributed by atoms with Crippen molar-refractivity contribution in [2.24, 2.45) is 0 Å². The number of fused-ring (bicyclic) bond motifs is 1. The molecule has 0 aromatic heterocycles. The Kier molecular flexibility index (Phi) is 3.18. The molecule has 2 aromatic rings. The molecule has 0 spiro atoms. The van der Waals surface area contributed by atoms with Gasteiger partial charge in [0, 0.05) is 10.0 Å². The monoisotopic (exact) mass is 329 g/mol. The van der Waals surface area contributed by atoms with Crippen LogP contribution in [0.2, 0.25) is 0 Å². The molecule has 0 radical (unpaired) electrons. The minimum atomic E-state index is -0.263. The van der Waals surface area contributed by atoms with Crippen molar-refractivity contribution in [2.75, 3.05) is 4.90 Å². The number of carbonyl (C=O) groups is 2. The van der Waals surface area contributed by atoms with E-state index in [0.717, 1.165) is 15.6 Å². The van der Waals surface area contributed by atoms with Crippen molar-refractivity contribution in [3.63, 3.8) is 0 Å². The van der Waals surface area contributed by atoms with E-state index >= 15 is 0 Å². The number of benzene rings is 2. The smallest absolute Gasteiger partial charge is 0.265 e. The Morgan fingerprint density at radius 1 is 1.10 bits per heavy atom. The molecule has 3 nitrogen and oxygen atoms in total. The quantitative estimate of drug-likeness (QED) is 0.751. The van der Waals surface area contributed by atoms with E-state index in [1.165, 1.54) is 4.90 Å². The fraction of sp³-hybridized carbons (Fsp3) is 0.125. The van der Waals surface area contributed by atoms with Crippen molar-refractivity contribution >= 4 is 33.4 Å². The number of nitrogens with zero attached hydrogens (tertiary/aromatic N) is 1. The van der Waals surface area contributed by atoms with Crippen LogP contribution >= 0.6 is 15.9 Å². The molecule has 2 aromatic carbocycles. The van der Waals surface area contributed by atoms with Crippen molar-refractivity contribution in [2.45, 2.75) is 13.3 Å². The zero-order valence-corrected chi connectivity index (χ0v) is 12.5. The molecule has 0 N–H and O–H groups in total. The lowest BCUT2D eigenvalue weighted by Gasteiger charge is -2.27. The van der Waals surface area contributed by atoms with E-state index in [1.807, 2.05) is 37.3 Å². The zero-order valence-electron chi connectivity index (χ0n) is 10.9.